The van der Waals surface area contributed by atoms with Crippen LogP contribution in [-0.4, -0.2) is 10.9 Å². The van der Waals surface area contributed by atoms with E-state index in [1.165, 1.54) is 6.07 Å². The molecule has 0 saturated heterocycles. The van der Waals surface area contributed by atoms with E-state index in [2.05, 4.69) is 10.3 Å². The Hall–Kier alpha value is -2.82. The molecule has 1 aromatic heterocycles. The number of hydrogen-bond donors (Lipinski definition) is 1. The second-order valence-corrected chi connectivity index (χ2v) is 6.91. The predicted molar refractivity (Wildman–Crippen MR) is 109 cm³/mol. The lowest BCUT2D eigenvalue weighted by atomic mass is 10.1. The van der Waals surface area contributed by atoms with Crippen molar-refractivity contribution < 1.29 is 9.21 Å². The number of nitrogens with one attached hydrogen (secondary N) is 1. The van der Waals surface area contributed by atoms with Gasteiger partial charge in [-0.25, -0.2) is 4.98 Å². The molecule has 0 spiro atoms. The first-order valence-corrected chi connectivity index (χ1v) is 9.00. The largest absolute Gasteiger partial charge is 0.436 e. The SMILES string of the molecule is Cc1ccccc1-c1nc2cc(NC(=O)c3ccc(Cl)c(Cl)c3)ccc2o1. The number of aromatic nitrogens is 1. The van der Waals surface area contributed by atoms with Crippen molar-refractivity contribution in [2.45, 2.75) is 6.92 Å². The maximum atomic E-state index is 12.4. The summed E-state index contributed by atoms with van der Waals surface area (Å²) in [5.41, 5.74) is 4.38. The second kappa shape index (κ2) is 7.06. The van der Waals surface area contributed by atoms with Crippen LogP contribution in [-0.2, 0) is 0 Å². The van der Waals surface area contributed by atoms with Crippen LogP contribution < -0.4 is 5.32 Å². The van der Waals surface area contributed by atoms with Gasteiger partial charge in [0.1, 0.15) is 5.52 Å². The molecule has 0 radical (unpaired) electrons. The monoisotopic (exact) mass is 396 g/mol. The fourth-order valence-corrected chi connectivity index (χ4v) is 3.07. The summed E-state index contributed by atoms with van der Waals surface area (Å²) in [6.07, 6.45) is 0. The molecule has 0 saturated carbocycles. The van der Waals surface area contributed by atoms with E-state index in [1.54, 1.807) is 30.3 Å². The predicted octanol–water partition coefficient (Wildman–Crippen LogP) is 6.36. The zero-order chi connectivity index (χ0) is 19.0. The zero-order valence-corrected chi connectivity index (χ0v) is 15.8. The molecule has 0 atom stereocenters. The zero-order valence-electron chi connectivity index (χ0n) is 14.3. The van der Waals surface area contributed by atoms with Gasteiger partial charge in [0.2, 0.25) is 5.89 Å². The van der Waals surface area contributed by atoms with Gasteiger partial charge in [0.15, 0.2) is 5.58 Å². The van der Waals surface area contributed by atoms with Gasteiger partial charge in [-0.05, 0) is 55.0 Å². The molecule has 4 aromatic rings. The third-order valence-electron chi connectivity index (χ3n) is 4.20. The number of rotatable bonds is 3. The van der Waals surface area contributed by atoms with Crippen LogP contribution in [0.3, 0.4) is 0 Å². The lowest BCUT2D eigenvalue weighted by Gasteiger charge is -2.06. The summed E-state index contributed by atoms with van der Waals surface area (Å²) in [6.45, 7) is 2.01. The van der Waals surface area contributed by atoms with Gasteiger partial charge in [-0.15, -0.1) is 0 Å². The highest BCUT2D eigenvalue weighted by atomic mass is 35.5. The molecule has 1 amide bonds. The molecule has 27 heavy (non-hydrogen) atoms. The number of oxazole rings is 1. The van der Waals surface area contributed by atoms with E-state index >= 15 is 0 Å². The number of anilines is 1. The summed E-state index contributed by atoms with van der Waals surface area (Å²) in [5, 5.41) is 3.57. The molecule has 0 fully saturated rings. The summed E-state index contributed by atoms with van der Waals surface area (Å²) in [6, 6.07) is 18.0. The Kier molecular flexibility index (Phi) is 4.60. The molecule has 6 heteroatoms. The lowest BCUT2D eigenvalue weighted by Crippen LogP contribution is -2.11. The Balaban J connectivity index is 1.62. The summed E-state index contributed by atoms with van der Waals surface area (Å²) in [7, 11) is 0. The van der Waals surface area contributed by atoms with E-state index in [0.717, 1.165) is 11.1 Å². The fraction of sp³-hybridized carbons (Fsp3) is 0.0476. The molecule has 0 aliphatic rings. The molecule has 3 aromatic carbocycles. The van der Waals surface area contributed by atoms with Crippen molar-refractivity contribution in [1.29, 1.82) is 0 Å². The Morgan fingerprint density at radius 1 is 1.00 bits per heavy atom. The molecule has 1 heterocycles. The molecule has 0 aliphatic carbocycles. The van der Waals surface area contributed by atoms with E-state index in [9.17, 15) is 4.79 Å². The van der Waals surface area contributed by atoms with Gasteiger partial charge in [-0.1, -0.05) is 41.4 Å². The first-order valence-electron chi connectivity index (χ1n) is 8.24. The van der Waals surface area contributed by atoms with Crippen molar-refractivity contribution in [3.63, 3.8) is 0 Å². The Morgan fingerprint density at radius 2 is 1.81 bits per heavy atom. The summed E-state index contributed by atoms with van der Waals surface area (Å²) in [4.78, 5) is 17.0. The van der Waals surface area contributed by atoms with Crippen LogP contribution >= 0.6 is 23.2 Å². The first-order chi connectivity index (χ1) is 13.0. The van der Waals surface area contributed by atoms with E-state index in [1.807, 2.05) is 31.2 Å². The highest BCUT2D eigenvalue weighted by Gasteiger charge is 2.13. The van der Waals surface area contributed by atoms with Gasteiger partial charge in [-0.2, -0.15) is 0 Å². The van der Waals surface area contributed by atoms with Crippen molar-refractivity contribution in [3.8, 4) is 11.5 Å². The Labute approximate surface area is 165 Å². The van der Waals surface area contributed by atoms with Crippen LogP contribution in [0.15, 0.2) is 65.1 Å². The number of carbonyl (C=O) groups is 1. The normalized spacial score (nSPS) is 10.9. The quantitative estimate of drug-likeness (QED) is 0.438. The third kappa shape index (κ3) is 3.54. The van der Waals surface area contributed by atoms with Crippen molar-refractivity contribution in [2.24, 2.45) is 0 Å². The van der Waals surface area contributed by atoms with Gasteiger partial charge >= 0.3 is 0 Å². The molecule has 4 nitrogen and oxygen atoms in total. The number of hydrogen-bond acceptors (Lipinski definition) is 3. The molecular weight excluding hydrogens is 383 g/mol. The van der Waals surface area contributed by atoms with E-state index in [0.29, 0.717) is 38.3 Å². The summed E-state index contributed by atoms with van der Waals surface area (Å²) in [5.74, 6) is 0.270. The average Bonchev–Trinajstić information content (AvgIpc) is 3.07. The number of aryl methyl sites for hydroxylation is 1. The number of halogens is 2. The van der Waals surface area contributed by atoms with Crippen molar-refractivity contribution >= 4 is 45.9 Å². The van der Waals surface area contributed by atoms with Crippen LogP contribution in [0.4, 0.5) is 5.69 Å². The first kappa shape index (κ1) is 17.6. The van der Waals surface area contributed by atoms with Gasteiger partial charge in [-0.3, -0.25) is 4.79 Å². The topological polar surface area (TPSA) is 55.1 Å². The second-order valence-electron chi connectivity index (χ2n) is 6.10. The minimum atomic E-state index is -0.282. The smallest absolute Gasteiger partial charge is 0.255 e. The van der Waals surface area contributed by atoms with E-state index in [4.69, 9.17) is 27.6 Å². The molecule has 0 unspecified atom stereocenters. The van der Waals surface area contributed by atoms with Crippen molar-refractivity contribution in [2.75, 3.05) is 5.32 Å². The number of nitrogens with zero attached hydrogens (tertiary/aromatic N) is 1. The molecule has 0 bridgehead atoms. The van der Waals surface area contributed by atoms with Crippen LogP contribution in [0.5, 0.6) is 0 Å². The van der Waals surface area contributed by atoms with Crippen LogP contribution in [0.2, 0.25) is 10.0 Å². The van der Waals surface area contributed by atoms with Crippen LogP contribution in [0.1, 0.15) is 15.9 Å². The van der Waals surface area contributed by atoms with E-state index < -0.39 is 0 Å². The highest BCUT2D eigenvalue weighted by molar-refractivity contribution is 6.42. The minimum Gasteiger partial charge on any atom is -0.436 e. The Morgan fingerprint density at radius 3 is 2.59 bits per heavy atom. The van der Waals surface area contributed by atoms with Crippen molar-refractivity contribution in [3.05, 3.63) is 81.8 Å². The highest BCUT2D eigenvalue weighted by Crippen LogP contribution is 2.28. The standard InChI is InChI=1S/C21H14Cl2N2O2/c1-12-4-2-3-5-15(12)21-25-18-11-14(7-9-19(18)27-21)24-20(26)13-6-8-16(22)17(23)10-13/h2-11H,1H3,(H,24,26). The molecule has 134 valence electrons. The Bertz CT molecular complexity index is 1170. The third-order valence-corrected chi connectivity index (χ3v) is 4.94. The van der Waals surface area contributed by atoms with Gasteiger partial charge < -0.3 is 9.73 Å². The fourth-order valence-electron chi connectivity index (χ4n) is 2.77. The van der Waals surface area contributed by atoms with Gasteiger partial charge in [0.25, 0.3) is 5.91 Å². The lowest BCUT2D eigenvalue weighted by molar-refractivity contribution is 0.102. The molecule has 4 rings (SSSR count). The van der Waals surface area contributed by atoms with Crippen molar-refractivity contribution in [1.82, 2.24) is 4.98 Å². The molecule has 1 N–H and O–H groups in total. The number of fused-ring (bicyclic) bond motifs is 1. The van der Waals surface area contributed by atoms with E-state index in [-0.39, 0.29) is 5.91 Å². The molecular formula is C21H14Cl2N2O2. The number of carbonyl (C=O) groups excluding carboxylic acids is 1. The van der Waals surface area contributed by atoms with Crippen LogP contribution in [0.25, 0.3) is 22.6 Å². The number of amides is 1. The maximum Gasteiger partial charge on any atom is 0.255 e. The summed E-state index contributed by atoms with van der Waals surface area (Å²) < 4.78 is 5.85. The average molecular weight is 397 g/mol. The van der Waals surface area contributed by atoms with Gasteiger partial charge in [0, 0.05) is 16.8 Å². The van der Waals surface area contributed by atoms with Crippen LogP contribution in [0, 0.1) is 6.92 Å². The van der Waals surface area contributed by atoms with Gasteiger partial charge in [0.05, 0.1) is 10.0 Å². The maximum absolute atomic E-state index is 12.4. The number of benzene rings is 3. The molecule has 0 aliphatic heterocycles. The summed E-state index contributed by atoms with van der Waals surface area (Å²) >= 11 is 11.9. The minimum absolute atomic E-state index is 0.282.